The largest absolute Gasteiger partial charge is 0.381 e. The highest BCUT2D eigenvalue weighted by atomic mass is 19.3. The molecule has 80 valence electrons. The van der Waals surface area contributed by atoms with Crippen molar-refractivity contribution in [2.24, 2.45) is 0 Å². The number of halogens is 2. The van der Waals surface area contributed by atoms with Gasteiger partial charge in [0, 0.05) is 11.3 Å². The number of hydrogen-bond donors (Lipinski definition) is 2. The summed E-state index contributed by atoms with van der Waals surface area (Å²) in [6, 6.07) is 4.61. The Balaban J connectivity index is 2.57. The molecule has 1 aliphatic heterocycles. The van der Waals surface area contributed by atoms with Gasteiger partial charge in [-0.25, -0.2) is 0 Å². The van der Waals surface area contributed by atoms with Crippen molar-refractivity contribution in [3.63, 3.8) is 0 Å². The topological polar surface area (TPSA) is 49.3 Å². The maximum absolute atomic E-state index is 13.1. The fraction of sp³-hybridized carbons (Fsp3) is 0.300. The van der Waals surface area contributed by atoms with Crippen LogP contribution in [0.1, 0.15) is 17.2 Å². The number of amides is 1. The average molecular weight is 213 g/mol. The van der Waals surface area contributed by atoms with E-state index >= 15 is 0 Å². The van der Waals surface area contributed by atoms with E-state index in [9.17, 15) is 18.7 Å². The number of carbonyl (C=O) groups excluding carboxylic acids is 1. The van der Waals surface area contributed by atoms with Crippen LogP contribution in [0.3, 0.4) is 0 Å². The molecule has 1 atom stereocenters. The van der Waals surface area contributed by atoms with Gasteiger partial charge in [0.05, 0.1) is 0 Å². The minimum absolute atomic E-state index is 0.0552. The molecule has 1 aromatic carbocycles. The van der Waals surface area contributed by atoms with Crippen molar-refractivity contribution in [1.82, 2.24) is 0 Å². The van der Waals surface area contributed by atoms with Crippen molar-refractivity contribution in [3.05, 3.63) is 29.3 Å². The summed E-state index contributed by atoms with van der Waals surface area (Å²) >= 11 is 0. The molecule has 1 aromatic rings. The molecule has 1 aliphatic rings. The molecule has 1 amide bonds. The molecule has 5 heteroatoms. The van der Waals surface area contributed by atoms with Gasteiger partial charge in [0.25, 0.3) is 5.91 Å². The number of benzene rings is 1. The summed E-state index contributed by atoms with van der Waals surface area (Å²) in [5, 5.41) is 11.4. The number of alkyl halides is 2. The summed E-state index contributed by atoms with van der Waals surface area (Å²) in [6.07, 6.45) is -2.07. The van der Waals surface area contributed by atoms with Crippen LogP contribution in [0.25, 0.3) is 0 Å². The highest BCUT2D eigenvalue weighted by Crippen LogP contribution is 2.40. The number of rotatable bonds is 0. The third-order valence-electron chi connectivity index (χ3n) is 2.40. The van der Waals surface area contributed by atoms with E-state index < -0.39 is 17.9 Å². The lowest BCUT2D eigenvalue weighted by Crippen LogP contribution is -2.44. The molecule has 0 aliphatic carbocycles. The zero-order chi connectivity index (χ0) is 11.2. The van der Waals surface area contributed by atoms with E-state index in [0.717, 1.165) is 5.56 Å². The van der Waals surface area contributed by atoms with Crippen molar-refractivity contribution < 1.29 is 18.7 Å². The third-order valence-corrected chi connectivity index (χ3v) is 2.40. The summed E-state index contributed by atoms with van der Waals surface area (Å²) in [4.78, 5) is 11.0. The van der Waals surface area contributed by atoms with E-state index in [1.54, 1.807) is 13.0 Å². The number of aryl methyl sites for hydroxylation is 1. The van der Waals surface area contributed by atoms with Gasteiger partial charge in [-0.2, -0.15) is 8.78 Å². The number of nitrogens with one attached hydrogen (secondary N) is 1. The number of aliphatic hydroxyl groups is 1. The van der Waals surface area contributed by atoms with Gasteiger partial charge in [-0.15, -0.1) is 0 Å². The summed E-state index contributed by atoms with van der Waals surface area (Å²) in [7, 11) is 0. The number of aliphatic hydroxyl groups excluding tert-OH is 1. The van der Waals surface area contributed by atoms with Crippen molar-refractivity contribution >= 4 is 11.6 Å². The minimum atomic E-state index is -3.76. The standard InChI is InChI=1S/C10H9F2NO2/c1-5-2-3-7-6(4-5)8(14)10(11,12)9(15)13-7/h2-4,8,14H,1H3,(H,13,15). The van der Waals surface area contributed by atoms with Crippen LogP contribution in [0, 0.1) is 6.92 Å². The van der Waals surface area contributed by atoms with E-state index in [2.05, 4.69) is 5.32 Å². The lowest BCUT2D eigenvalue weighted by atomic mass is 9.95. The molecule has 2 rings (SSSR count). The van der Waals surface area contributed by atoms with E-state index in [0.29, 0.717) is 0 Å². The first-order chi connectivity index (χ1) is 6.93. The van der Waals surface area contributed by atoms with Gasteiger partial charge in [-0.3, -0.25) is 4.79 Å². The number of anilines is 1. The van der Waals surface area contributed by atoms with Crippen LogP contribution < -0.4 is 5.32 Å². The number of fused-ring (bicyclic) bond motifs is 1. The molecule has 0 aromatic heterocycles. The van der Waals surface area contributed by atoms with E-state index in [1.165, 1.54) is 12.1 Å². The minimum Gasteiger partial charge on any atom is -0.381 e. The Labute approximate surface area is 84.7 Å². The van der Waals surface area contributed by atoms with Crippen LogP contribution in [0.15, 0.2) is 18.2 Å². The zero-order valence-corrected chi connectivity index (χ0v) is 7.92. The Morgan fingerprint density at radius 3 is 2.80 bits per heavy atom. The van der Waals surface area contributed by atoms with Gasteiger partial charge in [-0.1, -0.05) is 17.7 Å². The summed E-state index contributed by atoms with van der Waals surface area (Å²) < 4.78 is 26.3. The van der Waals surface area contributed by atoms with Crippen molar-refractivity contribution in [2.75, 3.05) is 5.32 Å². The van der Waals surface area contributed by atoms with Crippen LogP contribution in [-0.2, 0) is 4.79 Å². The van der Waals surface area contributed by atoms with Crippen LogP contribution in [0.2, 0.25) is 0 Å². The lowest BCUT2D eigenvalue weighted by Gasteiger charge is -2.29. The molecule has 1 unspecified atom stereocenters. The second kappa shape index (κ2) is 3.00. The quantitative estimate of drug-likeness (QED) is 0.688. The highest BCUT2D eigenvalue weighted by Gasteiger charge is 2.51. The zero-order valence-electron chi connectivity index (χ0n) is 7.92. The smallest absolute Gasteiger partial charge is 0.354 e. The van der Waals surface area contributed by atoms with Gasteiger partial charge in [0.15, 0.2) is 6.10 Å². The molecular formula is C10H9F2NO2. The maximum Gasteiger partial charge on any atom is 0.354 e. The monoisotopic (exact) mass is 213 g/mol. The molecule has 0 radical (unpaired) electrons. The van der Waals surface area contributed by atoms with Gasteiger partial charge in [-0.05, 0) is 13.0 Å². The molecule has 15 heavy (non-hydrogen) atoms. The van der Waals surface area contributed by atoms with Crippen LogP contribution >= 0.6 is 0 Å². The third kappa shape index (κ3) is 1.39. The SMILES string of the molecule is Cc1ccc2c(c1)C(O)C(F)(F)C(=O)N2. The average Bonchev–Trinajstić information content (AvgIpc) is 2.17. The van der Waals surface area contributed by atoms with Gasteiger partial charge < -0.3 is 10.4 Å². The summed E-state index contributed by atoms with van der Waals surface area (Å²) in [6.45, 7) is 1.72. The molecule has 1 heterocycles. The molecule has 2 N–H and O–H groups in total. The Morgan fingerprint density at radius 2 is 2.13 bits per heavy atom. The summed E-state index contributed by atoms with van der Waals surface area (Å²) in [5.41, 5.74) is 1.04. The molecule has 0 spiro atoms. The van der Waals surface area contributed by atoms with E-state index in [-0.39, 0.29) is 11.3 Å². The van der Waals surface area contributed by atoms with E-state index in [4.69, 9.17) is 0 Å². The molecular weight excluding hydrogens is 204 g/mol. The molecule has 0 saturated heterocycles. The van der Waals surface area contributed by atoms with Gasteiger partial charge in [0.1, 0.15) is 0 Å². The predicted molar refractivity (Wildman–Crippen MR) is 49.7 cm³/mol. The first-order valence-electron chi connectivity index (χ1n) is 4.41. The number of hydrogen-bond acceptors (Lipinski definition) is 2. The molecule has 0 saturated carbocycles. The van der Waals surface area contributed by atoms with E-state index in [1.807, 2.05) is 0 Å². The first kappa shape index (κ1) is 10.0. The molecule has 0 bridgehead atoms. The van der Waals surface area contributed by atoms with Crippen molar-refractivity contribution in [1.29, 1.82) is 0 Å². The Bertz CT molecular complexity index is 431. The van der Waals surface area contributed by atoms with Crippen LogP contribution in [-0.4, -0.2) is 16.9 Å². The fourth-order valence-corrected chi connectivity index (χ4v) is 1.55. The van der Waals surface area contributed by atoms with Crippen LogP contribution in [0.4, 0.5) is 14.5 Å². The predicted octanol–water partition coefficient (Wildman–Crippen LogP) is 1.62. The fourth-order valence-electron chi connectivity index (χ4n) is 1.55. The normalized spacial score (nSPS) is 23.2. The molecule has 3 nitrogen and oxygen atoms in total. The van der Waals surface area contributed by atoms with Gasteiger partial charge >= 0.3 is 5.92 Å². The molecule has 0 fully saturated rings. The van der Waals surface area contributed by atoms with Crippen molar-refractivity contribution in [2.45, 2.75) is 19.0 Å². The first-order valence-corrected chi connectivity index (χ1v) is 4.41. The Kier molecular flexibility index (Phi) is 2.01. The van der Waals surface area contributed by atoms with Crippen LogP contribution in [0.5, 0.6) is 0 Å². The lowest BCUT2D eigenvalue weighted by molar-refractivity contribution is -0.159. The van der Waals surface area contributed by atoms with Gasteiger partial charge in [0.2, 0.25) is 0 Å². The Morgan fingerprint density at radius 1 is 1.47 bits per heavy atom. The maximum atomic E-state index is 13.1. The highest BCUT2D eigenvalue weighted by molar-refractivity contribution is 5.99. The van der Waals surface area contributed by atoms with Crippen molar-refractivity contribution in [3.8, 4) is 0 Å². The number of carbonyl (C=O) groups is 1. The Hall–Kier alpha value is -1.49. The second-order valence-electron chi connectivity index (χ2n) is 3.57. The second-order valence-corrected chi connectivity index (χ2v) is 3.57. The summed E-state index contributed by atoms with van der Waals surface area (Å²) in [5.74, 6) is -5.23.